The Hall–Kier alpha value is -1.27. The topological polar surface area (TPSA) is 70.9 Å². The summed E-state index contributed by atoms with van der Waals surface area (Å²) in [5.41, 5.74) is 0.768. The van der Waals surface area contributed by atoms with E-state index in [1.807, 2.05) is 20.8 Å². The highest BCUT2D eigenvalue weighted by Gasteiger charge is 2.17. The zero-order valence-electron chi connectivity index (χ0n) is 10.2. The van der Waals surface area contributed by atoms with E-state index in [2.05, 4.69) is 19.7 Å². The molecule has 2 rings (SSSR count). The molecule has 92 valence electrons. The van der Waals surface area contributed by atoms with Gasteiger partial charge in [-0.3, -0.25) is 0 Å². The van der Waals surface area contributed by atoms with Crippen LogP contribution in [0, 0.1) is 12.3 Å². The van der Waals surface area contributed by atoms with Crippen LogP contribution in [0.3, 0.4) is 0 Å². The number of hydrogen-bond acceptors (Lipinski definition) is 6. The Morgan fingerprint density at radius 3 is 2.88 bits per heavy atom. The Morgan fingerprint density at radius 1 is 1.41 bits per heavy atom. The van der Waals surface area contributed by atoms with E-state index in [9.17, 15) is 5.11 Å². The third-order valence-corrected chi connectivity index (χ3v) is 3.45. The van der Waals surface area contributed by atoms with E-state index < -0.39 is 0 Å². The molecule has 0 spiro atoms. The van der Waals surface area contributed by atoms with Crippen LogP contribution in [-0.2, 0) is 0 Å². The largest absolute Gasteiger partial charge is 0.396 e. The molecule has 0 aromatic carbocycles. The van der Waals surface area contributed by atoms with Crippen molar-refractivity contribution in [3.63, 3.8) is 0 Å². The molecule has 2 aromatic heterocycles. The minimum Gasteiger partial charge on any atom is -0.396 e. The number of hydrogen-bond donors (Lipinski definition) is 2. The van der Waals surface area contributed by atoms with E-state index in [4.69, 9.17) is 0 Å². The number of nitrogens with one attached hydrogen (secondary N) is 1. The predicted octanol–water partition coefficient (Wildman–Crippen LogP) is 1.83. The summed E-state index contributed by atoms with van der Waals surface area (Å²) in [6.07, 6.45) is 1.54. The smallest absolute Gasteiger partial charge is 0.149 e. The van der Waals surface area contributed by atoms with E-state index in [0.29, 0.717) is 6.54 Å². The number of rotatable bonds is 4. The van der Waals surface area contributed by atoms with Crippen molar-refractivity contribution in [3.05, 3.63) is 12.0 Å². The quantitative estimate of drug-likeness (QED) is 0.868. The summed E-state index contributed by atoms with van der Waals surface area (Å²) >= 11 is 1.38. The van der Waals surface area contributed by atoms with Gasteiger partial charge in [-0.2, -0.15) is 4.37 Å². The lowest BCUT2D eigenvalue weighted by Crippen LogP contribution is -2.27. The van der Waals surface area contributed by atoms with Gasteiger partial charge in [-0.1, -0.05) is 13.8 Å². The van der Waals surface area contributed by atoms with Crippen molar-refractivity contribution in [3.8, 4) is 0 Å². The standard InChI is InChI=1S/C11H16N4OS/c1-7-8-9(12-4-11(2,3)5-16)13-6-14-10(8)17-15-7/h6,16H,4-5H2,1-3H3,(H,12,13,14). The molecule has 0 aliphatic heterocycles. The summed E-state index contributed by atoms with van der Waals surface area (Å²) in [5, 5.41) is 13.5. The number of aromatic nitrogens is 3. The molecule has 0 atom stereocenters. The molecule has 0 aliphatic carbocycles. The summed E-state index contributed by atoms with van der Waals surface area (Å²) in [6.45, 7) is 6.73. The highest BCUT2D eigenvalue weighted by atomic mass is 32.1. The minimum absolute atomic E-state index is 0.134. The molecule has 5 nitrogen and oxygen atoms in total. The number of aliphatic hydroxyl groups is 1. The molecule has 0 unspecified atom stereocenters. The van der Waals surface area contributed by atoms with Gasteiger partial charge in [0.1, 0.15) is 17.0 Å². The average Bonchev–Trinajstić information content (AvgIpc) is 2.70. The Balaban J connectivity index is 2.27. The molecular formula is C11H16N4OS. The van der Waals surface area contributed by atoms with Gasteiger partial charge < -0.3 is 10.4 Å². The predicted molar refractivity (Wildman–Crippen MR) is 69.3 cm³/mol. The van der Waals surface area contributed by atoms with Crippen LogP contribution in [0.2, 0.25) is 0 Å². The maximum absolute atomic E-state index is 9.22. The maximum atomic E-state index is 9.22. The summed E-state index contributed by atoms with van der Waals surface area (Å²) in [5.74, 6) is 0.794. The van der Waals surface area contributed by atoms with Crippen molar-refractivity contribution in [1.82, 2.24) is 14.3 Å². The van der Waals surface area contributed by atoms with Crippen molar-refractivity contribution in [2.24, 2.45) is 5.41 Å². The second-order valence-corrected chi connectivity index (χ2v) is 5.60. The highest BCUT2D eigenvalue weighted by molar-refractivity contribution is 7.13. The Kier molecular flexibility index (Phi) is 3.26. The average molecular weight is 252 g/mol. The van der Waals surface area contributed by atoms with Crippen LogP contribution in [0.4, 0.5) is 5.82 Å². The van der Waals surface area contributed by atoms with Crippen molar-refractivity contribution in [1.29, 1.82) is 0 Å². The van der Waals surface area contributed by atoms with Crippen LogP contribution >= 0.6 is 11.5 Å². The number of aryl methyl sites for hydroxylation is 1. The van der Waals surface area contributed by atoms with Crippen LogP contribution in [0.15, 0.2) is 6.33 Å². The lowest BCUT2D eigenvalue weighted by molar-refractivity contribution is 0.171. The van der Waals surface area contributed by atoms with E-state index in [1.165, 1.54) is 17.9 Å². The summed E-state index contributed by atoms with van der Waals surface area (Å²) in [6, 6.07) is 0. The molecule has 0 aliphatic rings. The number of aliphatic hydroxyl groups excluding tert-OH is 1. The van der Waals surface area contributed by atoms with Gasteiger partial charge in [0.2, 0.25) is 0 Å². The Labute approximate surface area is 104 Å². The van der Waals surface area contributed by atoms with Gasteiger partial charge in [-0.15, -0.1) is 0 Å². The zero-order chi connectivity index (χ0) is 12.5. The highest BCUT2D eigenvalue weighted by Crippen LogP contribution is 2.26. The van der Waals surface area contributed by atoms with Gasteiger partial charge >= 0.3 is 0 Å². The van der Waals surface area contributed by atoms with Crippen molar-refractivity contribution < 1.29 is 5.11 Å². The molecule has 0 amide bonds. The fourth-order valence-electron chi connectivity index (χ4n) is 1.44. The van der Waals surface area contributed by atoms with Crippen molar-refractivity contribution in [2.45, 2.75) is 20.8 Å². The minimum atomic E-state index is -0.172. The van der Waals surface area contributed by atoms with Gasteiger partial charge in [0, 0.05) is 18.6 Å². The van der Waals surface area contributed by atoms with E-state index >= 15 is 0 Å². The fourth-order valence-corrected chi connectivity index (χ4v) is 2.18. The third kappa shape index (κ3) is 2.53. The van der Waals surface area contributed by atoms with Gasteiger partial charge in [0.15, 0.2) is 0 Å². The maximum Gasteiger partial charge on any atom is 0.149 e. The second-order valence-electron chi connectivity index (χ2n) is 4.85. The molecule has 6 heteroatoms. The Bertz CT molecular complexity index is 523. The first-order valence-electron chi connectivity index (χ1n) is 5.45. The Morgan fingerprint density at radius 2 is 2.18 bits per heavy atom. The lowest BCUT2D eigenvalue weighted by atomic mass is 9.95. The van der Waals surface area contributed by atoms with Crippen molar-refractivity contribution >= 4 is 27.6 Å². The zero-order valence-corrected chi connectivity index (χ0v) is 11.0. The second kappa shape index (κ2) is 4.54. The van der Waals surface area contributed by atoms with Gasteiger partial charge in [-0.25, -0.2) is 9.97 Å². The van der Waals surface area contributed by atoms with Crippen LogP contribution < -0.4 is 5.32 Å². The third-order valence-electron chi connectivity index (χ3n) is 2.61. The van der Waals surface area contributed by atoms with E-state index in [0.717, 1.165) is 21.7 Å². The first kappa shape index (κ1) is 12.2. The van der Waals surface area contributed by atoms with Gasteiger partial charge in [-0.05, 0) is 18.5 Å². The molecule has 0 fully saturated rings. The number of fused-ring (bicyclic) bond motifs is 1. The first-order valence-corrected chi connectivity index (χ1v) is 6.22. The van der Waals surface area contributed by atoms with E-state index in [-0.39, 0.29) is 12.0 Å². The van der Waals surface area contributed by atoms with Crippen LogP contribution in [0.1, 0.15) is 19.5 Å². The molecule has 2 N–H and O–H groups in total. The van der Waals surface area contributed by atoms with Gasteiger partial charge in [0.05, 0.1) is 11.1 Å². The SMILES string of the molecule is Cc1nsc2ncnc(NCC(C)(C)CO)c12. The summed E-state index contributed by atoms with van der Waals surface area (Å²) in [7, 11) is 0. The fraction of sp³-hybridized carbons (Fsp3) is 0.545. The molecule has 2 aromatic rings. The summed E-state index contributed by atoms with van der Waals surface area (Å²) in [4.78, 5) is 9.31. The molecule has 0 radical (unpaired) electrons. The normalized spacial score (nSPS) is 12.0. The molecular weight excluding hydrogens is 236 g/mol. The molecule has 0 saturated heterocycles. The summed E-state index contributed by atoms with van der Waals surface area (Å²) < 4.78 is 4.27. The molecule has 0 saturated carbocycles. The monoisotopic (exact) mass is 252 g/mol. The molecule has 17 heavy (non-hydrogen) atoms. The molecule has 0 bridgehead atoms. The number of anilines is 1. The van der Waals surface area contributed by atoms with Gasteiger partial charge in [0.25, 0.3) is 0 Å². The first-order chi connectivity index (χ1) is 8.03. The van der Waals surface area contributed by atoms with E-state index in [1.54, 1.807) is 0 Å². The number of nitrogens with zero attached hydrogens (tertiary/aromatic N) is 3. The van der Waals surface area contributed by atoms with Crippen LogP contribution in [0.25, 0.3) is 10.2 Å². The van der Waals surface area contributed by atoms with Crippen LogP contribution in [0.5, 0.6) is 0 Å². The lowest BCUT2D eigenvalue weighted by Gasteiger charge is -2.22. The van der Waals surface area contributed by atoms with Crippen molar-refractivity contribution in [2.75, 3.05) is 18.5 Å². The van der Waals surface area contributed by atoms with Crippen LogP contribution in [-0.4, -0.2) is 32.6 Å². The molecule has 2 heterocycles.